The SMILES string of the molecule is Cc1nc([C@H]2CN([C@H](C)C(=O)N(C)Cc3ccccc3)CCO2)n[nH]1. The van der Waals surface area contributed by atoms with Crippen LogP contribution < -0.4 is 0 Å². The largest absolute Gasteiger partial charge is 0.367 e. The predicted molar refractivity (Wildman–Crippen MR) is 93.8 cm³/mol. The number of rotatable bonds is 5. The number of carbonyl (C=O) groups excluding carboxylic acids is 1. The third-order valence-corrected chi connectivity index (χ3v) is 4.54. The highest BCUT2D eigenvalue weighted by Gasteiger charge is 2.31. The molecular formula is C18H25N5O2. The molecular weight excluding hydrogens is 318 g/mol. The summed E-state index contributed by atoms with van der Waals surface area (Å²) in [6.07, 6.45) is -0.201. The number of benzene rings is 1. The lowest BCUT2D eigenvalue weighted by molar-refractivity contribution is -0.139. The average Bonchev–Trinajstić information content (AvgIpc) is 3.08. The highest BCUT2D eigenvalue weighted by molar-refractivity contribution is 5.81. The van der Waals surface area contributed by atoms with Gasteiger partial charge in [-0.3, -0.25) is 14.8 Å². The Bertz CT molecular complexity index is 703. The molecule has 134 valence electrons. The van der Waals surface area contributed by atoms with Gasteiger partial charge in [-0.1, -0.05) is 30.3 Å². The van der Waals surface area contributed by atoms with Crippen molar-refractivity contribution in [2.75, 3.05) is 26.7 Å². The van der Waals surface area contributed by atoms with E-state index in [0.717, 1.165) is 17.9 Å². The maximum atomic E-state index is 12.8. The van der Waals surface area contributed by atoms with Crippen molar-refractivity contribution in [3.63, 3.8) is 0 Å². The smallest absolute Gasteiger partial charge is 0.239 e. The monoisotopic (exact) mass is 343 g/mol. The molecule has 0 bridgehead atoms. The van der Waals surface area contributed by atoms with Crippen molar-refractivity contribution in [1.29, 1.82) is 0 Å². The number of aromatic nitrogens is 3. The molecule has 3 rings (SSSR count). The van der Waals surface area contributed by atoms with Crippen LogP contribution in [0.2, 0.25) is 0 Å². The van der Waals surface area contributed by atoms with E-state index in [1.807, 2.05) is 51.2 Å². The number of carbonyl (C=O) groups is 1. The van der Waals surface area contributed by atoms with E-state index >= 15 is 0 Å². The summed E-state index contributed by atoms with van der Waals surface area (Å²) < 4.78 is 5.78. The van der Waals surface area contributed by atoms with Crippen LogP contribution in [-0.4, -0.2) is 63.7 Å². The molecule has 0 aliphatic carbocycles. The number of aryl methyl sites for hydroxylation is 1. The number of hydrogen-bond acceptors (Lipinski definition) is 5. The van der Waals surface area contributed by atoms with Crippen LogP contribution in [0.1, 0.15) is 30.2 Å². The normalized spacial score (nSPS) is 19.6. The molecule has 2 atom stereocenters. The summed E-state index contributed by atoms with van der Waals surface area (Å²) in [5, 5.41) is 7.03. The van der Waals surface area contributed by atoms with Crippen molar-refractivity contribution in [2.45, 2.75) is 32.5 Å². The standard InChI is InChI=1S/C18H25N5O2/c1-13(18(24)22(3)11-15-7-5-4-6-8-15)23-9-10-25-16(12-23)17-19-14(2)20-21-17/h4-8,13,16H,9-12H2,1-3H3,(H,19,20,21)/t13-,16-/m1/s1. The lowest BCUT2D eigenvalue weighted by Crippen LogP contribution is -2.50. The van der Waals surface area contributed by atoms with Gasteiger partial charge in [-0.2, -0.15) is 5.10 Å². The Hall–Kier alpha value is -2.25. The van der Waals surface area contributed by atoms with Crippen LogP contribution in [-0.2, 0) is 16.1 Å². The average molecular weight is 343 g/mol. The predicted octanol–water partition coefficient (Wildman–Crippen LogP) is 1.53. The number of aromatic amines is 1. The second-order valence-corrected chi connectivity index (χ2v) is 6.49. The maximum Gasteiger partial charge on any atom is 0.239 e. The van der Waals surface area contributed by atoms with Crippen LogP contribution in [0.4, 0.5) is 0 Å². The Morgan fingerprint density at radius 1 is 1.44 bits per heavy atom. The van der Waals surface area contributed by atoms with Gasteiger partial charge in [0.05, 0.1) is 12.6 Å². The molecule has 1 N–H and O–H groups in total. The molecule has 0 radical (unpaired) electrons. The fourth-order valence-electron chi connectivity index (χ4n) is 3.09. The number of nitrogens with one attached hydrogen (secondary N) is 1. The molecule has 2 aromatic rings. The second-order valence-electron chi connectivity index (χ2n) is 6.49. The molecule has 1 saturated heterocycles. The zero-order chi connectivity index (χ0) is 17.8. The summed E-state index contributed by atoms with van der Waals surface area (Å²) in [6, 6.07) is 9.81. The summed E-state index contributed by atoms with van der Waals surface area (Å²) in [6.45, 7) is 6.34. The van der Waals surface area contributed by atoms with Crippen molar-refractivity contribution in [3.8, 4) is 0 Å². The zero-order valence-electron chi connectivity index (χ0n) is 15.0. The van der Waals surface area contributed by atoms with E-state index in [2.05, 4.69) is 20.1 Å². The molecule has 0 unspecified atom stereocenters. The van der Waals surface area contributed by atoms with E-state index in [4.69, 9.17) is 4.74 Å². The number of ether oxygens (including phenoxy) is 1. The molecule has 0 spiro atoms. The van der Waals surface area contributed by atoms with Crippen LogP contribution in [0, 0.1) is 6.92 Å². The maximum absolute atomic E-state index is 12.8. The third-order valence-electron chi connectivity index (χ3n) is 4.54. The number of morpholine rings is 1. The molecule has 1 aliphatic rings. The van der Waals surface area contributed by atoms with Crippen LogP contribution in [0.5, 0.6) is 0 Å². The Morgan fingerprint density at radius 2 is 2.20 bits per heavy atom. The molecule has 1 fully saturated rings. The quantitative estimate of drug-likeness (QED) is 0.891. The lowest BCUT2D eigenvalue weighted by atomic mass is 10.1. The van der Waals surface area contributed by atoms with E-state index < -0.39 is 0 Å². The summed E-state index contributed by atoms with van der Waals surface area (Å²) in [4.78, 5) is 21.1. The highest BCUT2D eigenvalue weighted by atomic mass is 16.5. The van der Waals surface area contributed by atoms with Crippen molar-refractivity contribution in [1.82, 2.24) is 25.0 Å². The minimum atomic E-state index is -0.208. The van der Waals surface area contributed by atoms with Gasteiger partial charge >= 0.3 is 0 Å². The first-order chi connectivity index (χ1) is 12.0. The van der Waals surface area contributed by atoms with Gasteiger partial charge in [0.2, 0.25) is 5.91 Å². The molecule has 0 saturated carbocycles. The topological polar surface area (TPSA) is 74.3 Å². The fourth-order valence-corrected chi connectivity index (χ4v) is 3.09. The van der Waals surface area contributed by atoms with Crippen LogP contribution in [0.3, 0.4) is 0 Å². The van der Waals surface area contributed by atoms with Crippen molar-refractivity contribution < 1.29 is 9.53 Å². The van der Waals surface area contributed by atoms with Gasteiger partial charge in [0.15, 0.2) is 5.82 Å². The van der Waals surface area contributed by atoms with E-state index in [9.17, 15) is 4.79 Å². The molecule has 7 heteroatoms. The molecule has 1 aliphatic heterocycles. The number of amides is 1. The van der Waals surface area contributed by atoms with Crippen LogP contribution in [0.15, 0.2) is 30.3 Å². The minimum Gasteiger partial charge on any atom is -0.367 e. The van der Waals surface area contributed by atoms with Gasteiger partial charge in [0, 0.05) is 26.7 Å². The molecule has 1 amide bonds. The Morgan fingerprint density at radius 3 is 2.88 bits per heavy atom. The summed E-state index contributed by atoms with van der Waals surface area (Å²) in [7, 11) is 1.85. The number of nitrogens with zero attached hydrogens (tertiary/aromatic N) is 4. The lowest BCUT2D eigenvalue weighted by Gasteiger charge is -2.36. The van der Waals surface area contributed by atoms with E-state index in [-0.39, 0.29) is 18.1 Å². The van der Waals surface area contributed by atoms with E-state index in [0.29, 0.717) is 25.5 Å². The van der Waals surface area contributed by atoms with Crippen molar-refractivity contribution in [2.24, 2.45) is 0 Å². The third kappa shape index (κ3) is 4.24. The highest BCUT2D eigenvalue weighted by Crippen LogP contribution is 2.21. The molecule has 2 heterocycles. The summed E-state index contributed by atoms with van der Waals surface area (Å²) in [5.74, 6) is 1.53. The Balaban J connectivity index is 1.61. The van der Waals surface area contributed by atoms with Crippen molar-refractivity contribution >= 4 is 5.91 Å². The zero-order valence-corrected chi connectivity index (χ0v) is 15.0. The van der Waals surface area contributed by atoms with Gasteiger partial charge < -0.3 is 9.64 Å². The Labute approximate surface area is 148 Å². The Kier molecular flexibility index (Phi) is 5.45. The van der Waals surface area contributed by atoms with Gasteiger partial charge in [0.1, 0.15) is 11.9 Å². The van der Waals surface area contributed by atoms with Crippen LogP contribution >= 0.6 is 0 Å². The van der Waals surface area contributed by atoms with Gasteiger partial charge in [0.25, 0.3) is 0 Å². The van der Waals surface area contributed by atoms with E-state index in [1.165, 1.54) is 0 Å². The number of hydrogen-bond donors (Lipinski definition) is 1. The summed E-state index contributed by atoms with van der Waals surface area (Å²) in [5.41, 5.74) is 1.13. The van der Waals surface area contributed by atoms with Crippen molar-refractivity contribution in [3.05, 3.63) is 47.5 Å². The first-order valence-corrected chi connectivity index (χ1v) is 8.58. The van der Waals surface area contributed by atoms with Crippen LogP contribution in [0.25, 0.3) is 0 Å². The number of H-pyrrole nitrogens is 1. The fraction of sp³-hybridized carbons (Fsp3) is 0.500. The van der Waals surface area contributed by atoms with Gasteiger partial charge in [-0.25, -0.2) is 4.98 Å². The van der Waals surface area contributed by atoms with Gasteiger partial charge in [-0.15, -0.1) is 0 Å². The minimum absolute atomic E-state index is 0.107. The summed E-state index contributed by atoms with van der Waals surface area (Å²) >= 11 is 0. The second kappa shape index (κ2) is 7.76. The first kappa shape index (κ1) is 17.6. The van der Waals surface area contributed by atoms with Gasteiger partial charge in [-0.05, 0) is 19.4 Å². The molecule has 7 nitrogen and oxygen atoms in total. The first-order valence-electron chi connectivity index (χ1n) is 8.58. The number of likely N-dealkylation sites (N-methyl/N-ethyl adjacent to an activating group) is 1. The molecule has 1 aromatic carbocycles. The molecule has 25 heavy (non-hydrogen) atoms. The van der Waals surface area contributed by atoms with E-state index in [1.54, 1.807) is 4.90 Å². The molecule has 1 aromatic heterocycles.